The van der Waals surface area contributed by atoms with Gasteiger partial charge >= 0.3 is 79.4 Å². The second-order valence-electron chi connectivity index (χ2n) is 5.45. The van der Waals surface area contributed by atoms with Crippen LogP contribution in [0.2, 0.25) is 0 Å². The molecular formula is C20H22Na2O6S2. The molecule has 2 rings (SSSR count). The molecule has 0 spiro atoms. The molecule has 2 aromatic rings. The third-order valence-electron chi connectivity index (χ3n) is 3.47. The number of hydrogen-bond acceptors (Lipinski definition) is 6. The molecule has 0 atom stereocenters. The molecule has 0 aliphatic heterocycles. The fourth-order valence-corrected chi connectivity index (χ4v) is 5.39. The van der Waals surface area contributed by atoms with Gasteiger partial charge < -0.3 is 0 Å². The Kier molecular flexibility index (Phi) is 13.6. The van der Waals surface area contributed by atoms with E-state index in [0.29, 0.717) is 11.1 Å². The molecule has 0 saturated heterocycles. The molecule has 2 aromatic carbocycles. The molecule has 0 amide bonds. The van der Waals surface area contributed by atoms with Crippen LogP contribution in [0.15, 0.2) is 90.2 Å². The first-order valence-electron chi connectivity index (χ1n) is 8.19. The molecule has 10 heteroatoms. The average Bonchev–Trinajstić information content (AvgIpc) is 2.70. The van der Waals surface area contributed by atoms with Crippen molar-refractivity contribution in [3.8, 4) is 0 Å². The van der Waals surface area contributed by atoms with Gasteiger partial charge in [0.2, 0.25) is 4.24 Å². The van der Waals surface area contributed by atoms with Crippen molar-refractivity contribution in [2.75, 3.05) is 13.2 Å². The predicted octanol–water partition coefficient (Wildman–Crippen LogP) is 2.17. The van der Waals surface area contributed by atoms with Crippen LogP contribution in [0.25, 0.3) is 5.57 Å². The van der Waals surface area contributed by atoms with Gasteiger partial charge in [-0.1, -0.05) is 72.8 Å². The minimum atomic E-state index is -4.71. The molecule has 0 unspecified atom stereocenters. The monoisotopic (exact) mass is 468 g/mol. The quantitative estimate of drug-likeness (QED) is 0.302. The summed E-state index contributed by atoms with van der Waals surface area (Å²) in [6, 6.07) is 16.6. The maximum atomic E-state index is 12.9. The van der Waals surface area contributed by atoms with Crippen molar-refractivity contribution in [2.24, 2.45) is 0 Å². The van der Waals surface area contributed by atoms with Gasteiger partial charge in [-0.15, -0.1) is 13.2 Å². The Balaban J connectivity index is 0.00000420. The summed E-state index contributed by atoms with van der Waals surface area (Å²) in [5, 5.41) is 0. The maximum absolute atomic E-state index is 12.9. The van der Waals surface area contributed by atoms with Crippen LogP contribution in [0, 0.1) is 0 Å². The summed E-state index contributed by atoms with van der Waals surface area (Å²) >= 11 is 0. The second-order valence-corrected chi connectivity index (χ2v) is 8.81. The summed E-state index contributed by atoms with van der Waals surface area (Å²) < 4.78 is 60.2. The first-order chi connectivity index (χ1) is 13.3. The first kappa shape index (κ1) is 29.5. The Hall–Kier alpha value is -0.520. The zero-order valence-corrected chi connectivity index (χ0v) is 16.7. The summed E-state index contributed by atoms with van der Waals surface area (Å²) in [6.07, 6.45) is 2.41. The van der Waals surface area contributed by atoms with E-state index in [2.05, 4.69) is 13.2 Å². The van der Waals surface area contributed by atoms with Gasteiger partial charge in [-0.2, -0.15) is 16.8 Å². The molecule has 0 radical (unpaired) electrons. The Morgan fingerprint density at radius 3 is 1.33 bits per heavy atom. The van der Waals surface area contributed by atoms with E-state index >= 15 is 0 Å². The topological polar surface area (TPSA) is 86.7 Å². The van der Waals surface area contributed by atoms with Crippen LogP contribution < -0.4 is 0 Å². The van der Waals surface area contributed by atoms with Gasteiger partial charge in [-0.25, -0.2) is 0 Å². The Morgan fingerprint density at radius 2 is 1.03 bits per heavy atom. The molecule has 0 aromatic heterocycles. The molecule has 0 aliphatic rings. The van der Waals surface area contributed by atoms with Crippen molar-refractivity contribution in [1.29, 1.82) is 0 Å². The van der Waals surface area contributed by atoms with E-state index in [1.807, 2.05) is 0 Å². The van der Waals surface area contributed by atoms with Crippen molar-refractivity contribution < 1.29 is 25.2 Å². The zero-order chi connectivity index (χ0) is 20.6. The fraction of sp³-hybridized carbons (Fsp3) is 0.100. The van der Waals surface area contributed by atoms with Crippen molar-refractivity contribution in [3.05, 3.63) is 101 Å². The third-order valence-corrected chi connectivity index (χ3v) is 6.90. The van der Waals surface area contributed by atoms with E-state index in [4.69, 9.17) is 8.37 Å². The van der Waals surface area contributed by atoms with Gasteiger partial charge in [-0.05, 0) is 11.1 Å². The fourth-order valence-electron chi connectivity index (χ4n) is 2.37. The molecule has 0 saturated carbocycles. The van der Waals surface area contributed by atoms with E-state index in [0.717, 1.165) is 0 Å². The Morgan fingerprint density at radius 1 is 0.700 bits per heavy atom. The van der Waals surface area contributed by atoms with Crippen LogP contribution in [0.3, 0.4) is 0 Å². The summed E-state index contributed by atoms with van der Waals surface area (Å²) in [5.74, 6) is 0. The summed E-state index contributed by atoms with van der Waals surface area (Å²) in [5.41, 5.74) is 0.704. The van der Waals surface area contributed by atoms with Crippen molar-refractivity contribution >= 4 is 84.9 Å². The van der Waals surface area contributed by atoms with Crippen LogP contribution >= 0.6 is 0 Å². The normalized spacial score (nSPS) is 10.8. The molecule has 152 valence electrons. The van der Waals surface area contributed by atoms with Crippen molar-refractivity contribution in [2.45, 2.75) is 0 Å². The number of hydrogen-bond donors (Lipinski definition) is 0. The van der Waals surface area contributed by atoms with Gasteiger partial charge in [0.15, 0.2) is 0 Å². The van der Waals surface area contributed by atoms with Gasteiger partial charge in [0.25, 0.3) is 0 Å². The molecular weight excluding hydrogens is 446 g/mol. The van der Waals surface area contributed by atoms with Gasteiger partial charge in [0, 0.05) is 5.57 Å². The molecule has 30 heavy (non-hydrogen) atoms. The third kappa shape index (κ3) is 7.87. The van der Waals surface area contributed by atoms with Gasteiger partial charge in [0.1, 0.15) is 0 Å². The Labute approximate surface area is 222 Å². The van der Waals surface area contributed by atoms with Gasteiger partial charge in [-0.3, -0.25) is 8.37 Å². The SMILES string of the molecule is C=CCOS(=O)(=O)C(=C(c1ccccc1)c1ccccc1)S(=O)(=O)OCC=C.[NaH].[NaH]. The predicted molar refractivity (Wildman–Crippen MR) is 123 cm³/mol. The first-order valence-corrected chi connectivity index (χ1v) is 11.0. The molecule has 6 nitrogen and oxygen atoms in total. The van der Waals surface area contributed by atoms with Crippen molar-refractivity contribution in [3.63, 3.8) is 0 Å². The Bertz CT molecular complexity index is 979. The van der Waals surface area contributed by atoms with Crippen LogP contribution in [-0.4, -0.2) is 89.2 Å². The average molecular weight is 469 g/mol. The number of rotatable bonds is 10. The van der Waals surface area contributed by atoms with Crippen molar-refractivity contribution in [1.82, 2.24) is 0 Å². The minimum absolute atomic E-state index is 0. The molecule has 0 N–H and O–H groups in total. The van der Waals surface area contributed by atoms with Crippen LogP contribution in [-0.2, 0) is 28.6 Å². The standard InChI is InChI=1S/C20H20O6S2.2Na.2H/c1-3-15-25-27(21,22)20(28(23,24)26-16-4-2)19(17-11-7-5-8-12-17)18-13-9-6-10-14-18;;;;/h3-14H,1-2,15-16H2;;;;. The zero-order valence-electron chi connectivity index (χ0n) is 15.0. The second kappa shape index (κ2) is 13.8. The van der Waals surface area contributed by atoms with E-state index in [-0.39, 0.29) is 77.9 Å². The van der Waals surface area contributed by atoms with E-state index in [1.54, 1.807) is 60.7 Å². The molecule has 0 bridgehead atoms. The van der Waals surface area contributed by atoms with Crippen LogP contribution in [0.5, 0.6) is 0 Å². The molecule has 0 heterocycles. The van der Waals surface area contributed by atoms with Crippen LogP contribution in [0.1, 0.15) is 11.1 Å². The summed E-state index contributed by atoms with van der Waals surface area (Å²) in [6.45, 7) is 6.01. The summed E-state index contributed by atoms with van der Waals surface area (Å²) in [4.78, 5) is 0. The summed E-state index contributed by atoms with van der Waals surface area (Å²) in [7, 11) is -9.41. The molecule has 0 aliphatic carbocycles. The van der Waals surface area contributed by atoms with E-state index in [1.165, 1.54) is 12.2 Å². The molecule has 0 fully saturated rings. The van der Waals surface area contributed by atoms with E-state index in [9.17, 15) is 16.8 Å². The van der Waals surface area contributed by atoms with E-state index < -0.39 is 24.5 Å². The van der Waals surface area contributed by atoms with Gasteiger partial charge in [0.05, 0.1) is 13.2 Å². The number of benzene rings is 2. The van der Waals surface area contributed by atoms with Crippen LogP contribution in [0.4, 0.5) is 0 Å².